The van der Waals surface area contributed by atoms with Crippen LogP contribution in [0.15, 0.2) is 18.2 Å². The van der Waals surface area contributed by atoms with E-state index in [9.17, 15) is 5.11 Å². The van der Waals surface area contributed by atoms with E-state index >= 15 is 0 Å². The predicted molar refractivity (Wildman–Crippen MR) is 59.2 cm³/mol. The molecule has 3 N–H and O–H groups in total. The van der Waals surface area contributed by atoms with Gasteiger partial charge in [-0.1, -0.05) is 12.1 Å². The van der Waals surface area contributed by atoms with Crippen LogP contribution in [0.3, 0.4) is 0 Å². The maximum atomic E-state index is 9.42. The molecule has 0 saturated carbocycles. The van der Waals surface area contributed by atoms with Crippen molar-refractivity contribution in [3.63, 3.8) is 0 Å². The van der Waals surface area contributed by atoms with Crippen LogP contribution in [0, 0.1) is 0 Å². The van der Waals surface area contributed by atoms with Gasteiger partial charge < -0.3 is 10.8 Å². The fourth-order valence-corrected chi connectivity index (χ4v) is 1.80. The number of anilines is 1. The number of hydrogen-bond acceptors (Lipinski definition) is 2. The second kappa shape index (κ2) is 4.11. The lowest BCUT2D eigenvalue weighted by Gasteiger charge is -2.21. The third kappa shape index (κ3) is 2.03. The minimum Gasteiger partial charge on any atom is -0.398 e. The molecule has 1 atom stereocenters. The summed E-state index contributed by atoms with van der Waals surface area (Å²) < 4.78 is 0. The quantitative estimate of drug-likeness (QED) is 0.682. The highest BCUT2D eigenvalue weighted by molar-refractivity contribution is 8.93. The van der Waals surface area contributed by atoms with Gasteiger partial charge in [-0.05, 0) is 30.0 Å². The molecule has 1 aliphatic carbocycles. The Morgan fingerprint density at radius 2 is 2.15 bits per heavy atom. The molecule has 0 saturated heterocycles. The predicted octanol–water partition coefficient (Wildman–Crippen LogP) is 1.70. The minimum absolute atomic E-state index is 0. The molecule has 13 heavy (non-hydrogen) atoms. The number of rotatable bonds is 0. The number of aliphatic hydroxyl groups excluding tert-OH is 1. The maximum Gasteiger partial charge on any atom is 0.0584 e. The molecule has 3 heteroatoms. The number of benzene rings is 1. The fraction of sp³-hybridized carbons (Fsp3) is 0.400. The largest absolute Gasteiger partial charge is 0.398 e. The van der Waals surface area contributed by atoms with Crippen LogP contribution in [-0.4, -0.2) is 11.2 Å². The topological polar surface area (TPSA) is 46.2 Å². The Labute approximate surface area is 88.5 Å². The average molecular weight is 244 g/mol. The molecule has 2 rings (SSSR count). The van der Waals surface area contributed by atoms with Crippen LogP contribution in [-0.2, 0) is 12.8 Å². The lowest BCUT2D eigenvalue weighted by Crippen LogP contribution is -2.19. The molecule has 72 valence electrons. The van der Waals surface area contributed by atoms with Gasteiger partial charge in [0.15, 0.2) is 0 Å². The summed E-state index contributed by atoms with van der Waals surface area (Å²) in [5, 5.41) is 9.42. The molecule has 0 radical (unpaired) electrons. The second-order valence-corrected chi connectivity index (χ2v) is 3.38. The summed E-state index contributed by atoms with van der Waals surface area (Å²) in [5.74, 6) is 0. The molecule has 2 nitrogen and oxygen atoms in total. The van der Waals surface area contributed by atoms with Crippen molar-refractivity contribution in [3.8, 4) is 0 Å². The van der Waals surface area contributed by atoms with Crippen LogP contribution < -0.4 is 5.73 Å². The van der Waals surface area contributed by atoms with E-state index in [0.717, 1.165) is 30.5 Å². The van der Waals surface area contributed by atoms with Gasteiger partial charge >= 0.3 is 0 Å². The van der Waals surface area contributed by atoms with Crippen molar-refractivity contribution in [3.05, 3.63) is 29.3 Å². The lowest BCUT2D eigenvalue weighted by molar-refractivity contribution is 0.159. The van der Waals surface area contributed by atoms with Crippen molar-refractivity contribution in [2.75, 3.05) is 5.73 Å². The third-order valence-electron chi connectivity index (χ3n) is 2.50. The first kappa shape index (κ1) is 10.5. The first-order valence-corrected chi connectivity index (χ1v) is 4.31. The van der Waals surface area contributed by atoms with Crippen LogP contribution in [0.1, 0.15) is 17.5 Å². The summed E-state index contributed by atoms with van der Waals surface area (Å²) in [6.07, 6.45) is 2.36. The zero-order valence-electron chi connectivity index (χ0n) is 7.36. The molecule has 0 aromatic heterocycles. The van der Waals surface area contributed by atoms with Gasteiger partial charge in [-0.3, -0.25) is 0 Å². The highest BCUT2D eigenvalue weighted by Gasteiger charge is 2.17. The van der Waals surface area contributed by atoms with Crippen LogP contribution in [0.4, 0.5) is 5.69 Å². The molecule has 0 spiro atoms. The van der Waals surface area contributed by atoms with Crippen molar-refractivity contribution in [2.24, 2.45) is 0 Å². The normalized spacial score (nSPS) is 20.2. The zero-order valence-corrected chi connectivity index (χ0v) is 9.08. The monoisotopic (exact) mass is 243 g/mol. The number of hydrogen-bond donors (Lipinski definition) is 2. The minimum atomic E-state index is -0.192. The Morgan fingerprint density at radius 1 is 1.38 bits per heavy atom. The van der Waals surface area contributed by atoms with E-state index in [0.29, 0.717) is 0 Å². The summed E-state index contributed by atoms with van der Waals surface area (Å²) in [6.45, 7) is 0. The number of nitrogen functional groups attached to an aromatic ring is 1. The Kier molecular flexibility index (Phi) is 3.33. The number of nitrogens with two attached hydrogens (primary N) is 1. The van der Waals surface area contributed by atoms with Crippen LogP contribution >= 0.6 is 17.0 Å². The van der Waals surface area contributed by atoms with Gasteiger partial charge in [0.05, 0.1) is 6.10 Å². The molecule has 1 aliphatic rings. The Bertz CT molecular complexity index is 301. The molecule has 0 unspecified atom stereocenters. The fourth-order valence-electron chi connectivity index (χ4n) is 1.80. The van der Waals surface area contributed by atoms with Crippen LogP contribution in [0.5, 0.6) is 0 Å². The van der Waals surface area contributed by atoms with Crippen molar-refractivity contribution in [1.82, 2.24) is 0 Å². The molecule has 0 fully saturated rings. The maximum absolute atomic E-state index is 9.42. The Hall–Kier alpha value is -0.540. The van der Waals surface area contributed by atoms with Gasteiger partial charge in [0.25, 0.3) is 0 Å². The van der Waals surface area contributed by atoms with Crippen molar-refractivity contribution in [1.29, 1.82) is 0 Å². The van der Waals surface area contributed by atoms with E-state index in [4.69, 9.17) is 5.73 Å². The molecular weight excluding hydrogens is 230 g/mol. The molecule has 0 aliphatic heterocycles. The van der Waals surface area contributed by atoms with Gasteiger partial charge in [0.1, 0.15) is 0 Å². The van der Waals surface area contributed by atoms with Gasteiger partial charge in [-0.15, -0.1) is 17.0 Å². The summed E-state index contributed by atoms with van der Waals surface area (Å²) in [6, 6.07) is 5.97. The summed E-state index contributed by atoms with van der Waals surface area (Å²) in [7, 11) is 0. The second-order valence-electron chi connectivity index (χ2n) is 3.38. The first-order chi connectivity index (χ1) is 5.77. The van der Waals surface area contributed by atoms with Crippen molar-refractivity contribution >= 4 is 22.7 Å². The average Bonchev–Trinajstić information content (AvgIpc) is 2.07. The highest BCUT2D eigenvalue weighted by atomic mass is 79.9. The van der Waals surface area contributed by atoms with E-state index in [1.807, 2.05) is 12.1 Å². The summed E-state index contributed by atoms with van der Waals surface area (Å²) in [4.78, 5) is 0. The molecule has 0 bridgehead atoms. The Morgan fingerprint density at radius 3 is 2.92 bits per heavy atom. The van der Waals surface area contributed by atoms with Gasteiger partial charge in [0, 0.05) is 12.1 Å². The smallest absolute Gasteiger partial charge is 0.0584 e. The number of fused-ring (bicyclic) bond motifs is 1. The van der Waals surface area contributed by atoms with Crippen molar-refractivity contribution < 1.29 is 5.11 Å². The lowest BCUT2D eigenvalue weighted by atomic mass is 9.89. The zero-order chi connectivity index (χ0) is 8.55. The standard InChI is InChI=1S/C10H13NO.BrH/c11-10-3-1-2-7-4-5-8(12)6-9(7)10;/h1-3,8,12H,4-6,11H2;1H/t8-;/m1./s1. The third-order valence-corrected chi connectivity index (χ3v) is 2.50. The van der Waals surface area contributed by atoms with E-state index < -0.39 is 0 Å². The van der Waals surface area contributed by atoms with Crippen LogP contribution in [0.2, 0.25) is 0 Å². The number of aliphatic hydroxyl groups is 1. The summed E-state index contributed by atoms with van der Waals surface area (Å²) in [5.41, 5.74) is 9.07. The number of halogens is 1. The van der Waals surface area contributed by atoms with E-state index in [1.165, 1.54) is 5.56 Å². The van der Waals surface area contributed by atoms with E-state index in [2.05, 4.69) is 6.07 Å². The van der Waals surface area contributed by atoms with Gasteiger partial charge in [-0.2, -0.15) is 0 Å². The molecule has 1 aromatic rings. The first-order valence-electron chi connectivity index (χ1n) is 4.31. The van der Waals surface area contributed by atoms with Gasteiger partial charge in [-0.25, -0.2) is 0 Å². The SMILES string of the molecule is Br.Nc1cccc2c1C[C@H](O)CC2. The van der Waals surface area contributed by atoms with E-state index in [1.54, 1.807) is 0 Å². The van der Waals surface area contributed by atoms with Crippen molar-refractivity contribution in [2.45, 2.75) is 25.4 Å². The highest BCUT2D eigenvalue weighted by Crippen LogP contribution is 2.25. The molecular formula is C10H14BrNO. The van der Waals surface area contributed by atoms with E-state index in [-0.39, 0.29) is 23.1 Å². The molecule has 0 amide bonds. The molecule has 1 aromatic carbocycles. The van der Waals surface area contributed by atoms with Gasteiger partial charge in [0.2, 0.25) is 0 Å². The molecule has 0 heterocycles. The Balaban J connectivity index is 0.000000845. The number of aryl methyl sites for hydroxylation is 1. The van der Waals surface area contributed by atoms with Crippen LogP contribution in [0.25, 0.3) is 0 Å². The summed E-state index contributed by atoms with van der Waals surface area (Å²) >= 11 is 0.